The van der Waals surface area contributed by atoms with Gasteiger partial charge in [0.15, 0.2) is 5.65 Å². The monoisotopic (exact) mass is 446 g/mol. The molecule has 33 heavy (non-hydrogen) atoms. The summed E-state index contributed by atoms with van der Waals surface area (Å²) in [5.74, 6) is 1.04. The van der Waals surface area contributed by atoms with E-state index in [1.807, 2.05) is 62.2 Å². The van der Waals surface area contributed by atoms with Gasteiger partial charge in [-0.25, -0.2) is 9.97 Å². The first-order chi connectivity index (χ1) is 15.9. The third-order valence-electron chi connectivity index (χ3n) is 5.89. The second-order valence-corrected chi connectivity index (χ2v) is 8.14. The van der Waals surface area contributed by atoms with E-state index in [0.29, 0.717) is 25.3 Å². The second kappa shape index (κ2) is 9.44. The smallest absolute Gasteiger partial charge is 0.315 e. The van der Waals surface area contributed by atoms with Crippen LogP contribution in [-0.2, 0) is 23.1 Å². The van der Waals surface area contributed by atoms with Crippen LogP contribution in [0.15, 0.2) is 42.7 Å². The van der Waals surface area contributed by atoms with Crippen LogP contribution in [0.4, 0.5) is 5.82 Å². The van der Waals surface area contributed by atoms with Gasteiger partial charge in [-0.2, -0.15) is 9.61 Å². The topological polar surface area (TPSA) is 86.3 Å². The molecule has 1 unspecified atom stereocenters. The minimum Gasteiger partial charge on any atom is -0.465 e. The molecule has 172 valence electrons. The van der Waals surface area contributed by atoms with Crippen molar-refractivity contribution in [3.63, 3.8) is 0 Å². The molecule has 0 aliphatic rings. The van der Waals surface area contributed by atoms with E-state index in [9.17, 15) is 4.79 Å². The number of anilines is 1. The lowest BCUT2D eigenvalue weighted by Gasteiger charge is -2.16. The number of aryl methyl sites for hydroxylation is 3. The van der Waals surface area contributed by atoms with Crippen LogP contribution in [0.3, 0.4) is 0 Å². The maximum Gasteiger partial charge on any atom is 0.315 e. The molecule has 0 saturated heterocycles. The number of fused-ring (bicyclic) bond motifs is 1. The van der Waals surface area contributed by atoms with Gasteiger partial charge < -0.3 is 14.6 Å². The number of hydrogen-bond acceptors (Lipinski definition) is 6. The van der Waals surface area contributed by atoms with Gasteiger partial charge in [-0.1, -0.05) is 25.1 Å². The Bertz CT molecular complexity index is 1290. The van der Waals surface area contributed by atoms with Crippen molar-refractivity contribution in [3.8, 4) is 11.4 Å². The number of aromatic nitrogens is 5. The molecule has 0 amide bonds. The molecule has 0 spiro atoms. The zero-order chi connectivity index (χ0) is 23.5. The Hall–Kier alpha value is -3.68. The van der Waals surface area contributed by atoms with Crippen LogP contribution in [0.1, 0.15) is 48.7 Å². The highest BCUT2D eigenvalue weighted by atomic mass is 16.5. The van der Waals surface area contributed by atoms with E-state index >= 15 is 0 Å². The van der Waals surface area contributed by atoms with E-state index in [1.165, 1.54) is 0 Å². The van der Waals surface area contributed by atoms with E-state index < -0.39 is 5.92 Å². The molecule has 4 rings (SSSR count). The fourth-order valence-electron chi connectivity index (χ4n) is 3.95. The summed E-state index contributed by atoms with van der Waals surface area (Å²) in [5, 5.41) is 8.17. The summed E-state index contributed by atoms with van der Waals surface area (Å²) in [6.45, 7) is 8.69. The number of carbonyl (C=O) groups is 1. The van der Waals surface area contributed by atoms with E-state index in [1.54, 1.807) is 6.20 Å². The van der Waals surface area contributed by atoms with Crippen molar-refractivity contribution in [2.45, 2.75) is 46.6 Å². The normalized spacial score (nSPS) is 12.2. The maximum absolute atomic E-state index is 12.6. The van der Waals surface area contributed by atoms with Crippen molar-refractivity contribution < 1.29 is 9.53 Å². The molecular formula is C25H30N6O2. The molecule has 4 aromatic rings. The van der Waals surface area contributed by atoms with Crippen molar-refractivity contribution >= 4 is 17.4 Å². The molecule has 0 bridgehead atoms. The molecule has 1 aromatic carbocycles. The van der Waals surface area contributed by atoms with Gasteiger partial charge in [-0.15, -0.1) is 0 Å². The van der Waals surface area contributed by atoms with Gasteiger partial charge in [0.1, 0.15) is 11.6 Å². The maximum atomic E-state index is 12.6. The minimum atomic E-state index is -0.420. The highest BCUT2D eigenvalue weighted by Crippen LogP contribution is 2.26. The molecule has 1 atom stereocenters. The zero-order valence-corrected chi connectivity index (χ0v) is 19.8. The first-order valence-electron chi connectivity index (χ1n) is 11.3. The molecule has 3 heterocycles. The van der Waals surface area contributed by atoms with E-state index in [2.05, 4.69) is 33.6 Å². The summed E-state index contributed by atoms with van der Waals surface area (Å²) in [5.41, 5.74) is 5.51. The van der Waals surface area contributed by atoms with Crippen molar-refractivity contribution in [2.24, 2.45) is 7.05 Å². The van der Waals surface area contributed by atoms with Crippen molar-refractivity contribution in [3.05, 3.63) is 65.2 Å². The molecule has 3 aromatic heterocycles. The molecule has 0 aliphatic heterocycles. The lowest BCUT2D eigenvalue weighted by atomic mass is 10.0. The summed E-state index contributed by atoms with van der Waals surface area (Å²) in [6.07, 6.45) is 4.34. The predicted octanol–water partition coefficient (Wildman–Crippen LogP) is 4.42. The van der Waals surface area contributed by atoms with Gasteiger partial charge >= 0.3 is 5.97 Å². The average molecular weight is 447 g/mol. The average Bonchev–Trinajstić information content (AvgIpc) is 3.36. The Balaban J connectivity index is 1.68. The summed E-state index contributed by atoms with van der Waals surface area (Å²) in [4.78, 5) is 21.8. The van der Waals surface area contributed by atoms with Crippen LogP contribution >= 0.6 is 0 Å². The third-order valence-corrected chi connectivity index (χ3v) is 5.89. The lowest BCUT2D eigenvalue weighted by molar-refractivity contribution is -0.145. The lowest BCUT2D eigenvalue weighted by Crippen LogP contribution is -2.18. The van der Waals surface area contributed by atoms with Crippen LogP contribution in [0.5, 0.6) is 0 Å². The second-order valence-electron chi connectivity index (χ2n) is 8.14. The van der Waals surface area contributed by atoms with E-state index in [4.69, 9.17) is 9.72 Å². The Morgan fingerprint density at radius 1 is 1.21 bits per heavy atom. The fraction of sp³-hybridized carbons (Fsp3) is 0.360. The van der Waals surface area contributed by atoms with E-state index in [-0.39, 0.29) is 5.97 Å². The van der Waals surface area contributed by atoms with Crippen LogP contribution in [0.2, 0.25) is 0 Å². The number of nitrogens with one attached hydrogen (secondary N) is 1. The van der Waals surface area contributed by atoms with Gasteiger partial charge in [-0.3, -0.25) is 4.79 Å². The summed E-state index contributed by atoms with van der Waals surface area (Å²) >= 11 is 0. The molecule has 0 fully saturated rings. The van der Waals surface area contributed by atoms with Gasteiger partial charge in [0.25, 0.3) is 0 Å². The quantitative estimate of drug-likeness (QED) is 0.403. The SMILES string of the molecule is CCOC(=O)C(CC)c1cc(NCc2cccc(-c3nccn3C)c2)n2nc(C)c(C)c2n1. The van der Waals surface area contributed by atoms with Gasteiger partial charge in [0, 0.05) is 43.2 Å². The first-order valence-corrected chi connectivity index (χ1v) is 11.3. The van der Waals surface area contributed by atoms with Crippen LogP contribution in [0, 0.1) is 13.8 Å². The number of ether oxygens (including phenoxy) is 1. The number of esters is 1. The third kappa shape index (κ3) is 4.46. The number of imidazole rings is 1. The molecular weight excluding hydrogens is 416 g/mol. The Kier molecular flexibility index (Phi) is 6.44. The molecule has 0 saturated carbocycles. The Morgan fingerprint density at radius 2 is 2.03 bits per heavy atom. The van der Waals surface area contributed by atoms with Crippen molar-refractivity contribution in [1.29, 1.82) is 0 Å². The van der Waals surface area contributed by atoms with Crippen LogP contribution < -0.4 is 5.32 Å². The van der Waals surface area contributed by atoms with Crippen LogP contribution in [0.25, 0.3) is 17.0 Å². The molecule has 1 N–H and O–H groups in total. The molecule has 0 radical (unpaired) electrons. The highest BCUT2D eigenvalue weighted by molar-refractivity contribution is 5.78. The number of hydrogen-bond donors (Lipinski definition) is 1. The van der Waals surface area contributed by atoms with Gasteiger partial charge in [0.2, 0.25) is 0 Å². The molecule has 0 aliphatic carbocycles. The van der Waals surface area contributed by atoms with E-state index in [0.717, 1.165) is 39.7 Å². The van der Waals surface area contributed by atoms with Gasteiger partial charge in [0.05, 0.1) is 23.9 Å². The van der Waals surface area contributed by atoms with Crippen LogP contribution in [-0.4, -0.2) is 36.7 Å². The van der Waals surface area contributed by atoms with Crippen molar-refractivity contribution in [2.75, 3.05) is 11.9 Å². The summed E-state index contributed by atoms with van der Waals surface area (Å²) < 4.78 is 9.11. The minimum absolute atomic E-state index is 0.251. The summed E-state index contributed by atoms with van der Waals surface area (Å²) in [7, 11) is 1.98. The van der Waals surface area contributed by atoms with Crippen molar-refractivity contribution in [1.82, 2.24) is 24.1 Å². The standard InChI is InChI=1S/C25H30N6O2/c1-6-20(25(32)33-7-2)21-14-22(31-23(28-21)16(3)17(4)29-31)27-15-18-9-8-10-19(13-18)24-26-11-12-30(24)5/h8-14,20,27H,6-7,15H2,1-5H3. The highest BCUT2D eigenvalue weighted by Gasteiger charge is 2.24. The largest absolute Gasteiger partial charge is 0.465 e. The predicted molar refractivity (Wildman–Crippen MR) is 128 cm³/mol. The number of benzene rings is 1. The Labute approximate surface area is 193 Å². The summed E-state index contributed by atoms with van der Waals surface area (Å²) in [6, 6.07) is 10.2. The molecule has 8 nitrogen and oxygen atoms in total. The fourth-order valence-corrected chi connectivity index (χ4v) is 3.95. The number of rotatable bonds is 8. The molecule has 8 heteroatoms. The first kappa shape index (κ1) is 22.5. The Morgan fingerprint density at radius 3 is 2.73 bits per heavy atom. The number of carbonyl (C=O) groups excluding carboxylic acids is 1. The number of nitrogens with zero attached hydrogens (tertiary/aromatic N) is 5. The van der Waals surface area contributed by atoms with Gasteiger partial charge in [-0.05, 0) is 38.8 Å². The zero-order valence-electron chi connectivity index (χ0n) is 19.8.